The Morgan fingerprint density at radius 2 is 2.05 bits per heavy atom. The Bertz CT molecular complexity index is 443. The van der Waals surface area contributed by atoms with Crippen LogP contribution in [0.1, 0.15) is 13.8 Å². The highest BCUT2D eigenvalue weighted by atomic mass is 16.5. The molecule has 5 N–H and O–H groups in total. The molecule has 0 aliphatic heterocycles. The van der Waals surface area contributed by atoms with E-state index in [2.05, 4.69) is 15.8 Å². The van der Waals surface area contributed by atoms with Crippen LogP contribution in [-0.2, 0) is 0 Å². The van der Waals surface area contributed by atoms with Crippen molar-refractivity contribution in [1.82, 2.24) is 5.32 Å². The van der Waals surface area contributed by atoms with Crippen molar-refractivity contribution in [3.05, 3.63) is 24.3 Å². The van der Waals surface area contributed by atoms with Crippen molar-refractivity contribution in [3.63, 3.8) is 0 Å². The molecule has 2 amide bonds. The van der Waals surface area contributed by atoms with Crippen LogP contribution < -0.4 is 21.1 Å². The Hall–Kier alpha value is -2.44. The van der Waals surface area contributed by atoms with Gasteiger partial charge in [-0.2, -0.15) is 0 Å². The highest BCUT2D eigenvalue weighted by Crippen LogP contribution is 2.15. The largest absolute Gasteiger partial charge is 0.486 e. The van der Waals surface area contributed by atoms with Crippen molar-refractivity contribution in [3.8, 4) is 5.75 Å². The van der Waals surface area contributed by atoms with Crippen molar-refractivity contribution in [2.75, 3.05) is 11.9 Å². The maximum atomic E-state index is 11.4. The average molecular weight is 266 g/mol. The topological polar surface area (TPSA) is 109 Å². The number of nitrogens with two attached hydrogens (primary N) is 1. The SMILES string of the molecule is CC(C)NC(=O)Nc1ccc(OC/C(N)=N/O)cc1. The predicted molar refractivity (Wildman–Crippen MR) is 72.6 cm³/mol. The number of urea groups is 1. The molecule has 0 saturated carbocycles. The molecule has 1 rings (SSSR count). The van der Waals surface area contributed by atoms with Crippen LogP contribution in [0.3, 0.4) is 0 Å². The standard InChI is InChI=1S/C12H18N4O3/c1-8(2)14-12(17)15-9-3-5-10(6-4-9)19-7-11(13)16-18/h3-6,8,18H,7H2,1-2H3,(H2,13,16)(H2,14,15,17). The number of carbonyl (C=O) groups is 1. The Morgan fingerprint density at radius 1 is 1.42 bits per heavy atom. The zero-order valence-electron chi connectivity index (χ0n) is 10.9. The average Bonchev–Trinajstić information content (AvgIpc) is 2.36. The van der Waals surface area contributed by atoms with E-state index in [4.69, 9.17) is 15.7 Å². The van der Waals surface area contributed by atoms with Gasteiger partial charge in [-0.1, -0.05) is 5.16 Å². The summed E-state index contributed by atoms with van der Waals surface area (Å²) in [5, 5.41) is 16.5. The molecule has 1 aromatic carbocycles. The predicted octanol–water partition coefficient (Wildman–Crippen LogP) is 1.34. The van der Waals surface area contributed by atoms with Crippen molar-refractivity contribution < 1.29 is 14.7 Å². The molecule has 0 saturated heterocycles. The minimum atomic E-state index is -0.264. The van der Waals surface area contributed by atoms with Crippen LogP contribution >= 0.6 is 0 Å². The van der Waals surface area contributed by atoms with E-state index in [0.29, 0.717) is 11.4 Å². The normalized spacial score (nSPS) is 11.2. The van der Waals surface area contributed by atoms with Crippen molar-refractivity contribution in [2.45, 2.75) is 19.9 Å². The number of carbonyl (C=O) groups excluding carboxylic acids is 1. The molecule has 19 heavy (non-hydrogen) atoms. The third-order valence-electron chi connectivity index (χ3n) is 2.05. The maximum absolute atomic E-state index is 11.4. The lowest BCUT2D eigenvalue weighted by Crippen LogP contribution is -2.34. The van der Waals surface area contributed by atoms with Crippen LogP contribution in [0.2, 0.25) is 0 Å². The first-order valence-electron chi connectivity index (χ1n) is 5.78. The molecule has 0 unspecified atom stereocenters. The van der Waals surface area contributed by atoms with Gasteiger partial charge in [-0.15, -0.1) is 0 Å². The summed E-state index contributed by atoms with van der Waals surface area (Å²) in [6.45, 7) is 3.75. The molecule has 104 valence electrons. The van der Waals surface area contributed by atoms with Gasteiger partial charge in [0.1, 0.15) is 12.4 Å². The molecule has 0 bridgehead atoms. The zero-order chi connectivity index (χ0) is 14.3. The van der Waals surface area contributed by atoms with Crippen LogP contribution in [0, 0.1) is 0 Å². The third-order valence-corrected chi connectivity index (χ3v) is 2.05. The minimum absolute atomic E-state index is 0.00287. The first-order chi connectivity index (χ1) is 9.01. The summed E-state index contributed by atoms with van der Waals surface area (Å²) in [6.07, 6.45) is 0. The molecule has 0 aliphatic carbocycles. The quantitative estimate of drug-likeness (QED) is 0.279. The van der Waals surface area contributed by atoms with Crippen molar-refractivity contribution >= 4 is 17.6 Å². The van der Waals surface area contributed by atoms with E-state index in [0.717, 1.165) is 0 Å². The Kier molecular flexibility index (Phi) is 5.46. The minimum Gasteiger partial charge on any atom is -0.486 e. The van der Waals surface area contributed by atoms with Gasteiger partial charge in [0.05, 0.1) is 0 Å². The van der Waals surface area contributed by atoms with Gasteiger partial charge in [-0.05, 0) is 38.1 Å². The fraction of sp³-hybridized carbons (Fsp3) is 0.333. The smallest absolute Gasteiger partial charge is 0.319 e. The van der Waals surface area contributed by atoms with Crippen molar-refractivity contribution in [2.24, 2.45) is 10.9 Å². The molecule has 0 aromatic heterocycles. The van der Waals surface area contributed by atoms with E-state index in [9.17, 15) is 4.79 Å². The number of nitrogens with one attached hydrogen (secondary N) is 2. The number of rotatable bonds is 5. The first-order valence-corrected chi connectivity index (χ1v) is 5.78. The van der Waals surface area contributed by atoms with Crippen LogP contribution in [0.25, 0.3) is 0 Å². The highest BCUT2D eigenvalue weighted by Gasteiger charge is 2.03. The molecule has 0 heterocycles. The number of nitrogens with zero attached hydrogens (tertiary/aromatic N) is 1. The number of ether oxygens (including phenoxy) is 1. The number of hydrogen-bond donors (Lipinski definition) is 4. The number of oxime groups is 1. The van der Waals surface area contributed by atoms with Gasteiger partial charge >= 0.3 is 6.03 Å². The second kappa shape index (κ2) is 7.10. The monoisotopic (exact) mass is 266 g/mol. The molecule has 0 radical (unpaired) electrons. The summed E-state index contributed by atoms with van der Waals surface area (Å²) >= 11 is 0. The van der Waals surface area contributed by atoms with E-state index in [1.165, 1.54) is 0 Å². The summed E-state index contributed by atoms with van der Waals surface area (Å²) in [5.41, 5.74) is 5.92. The maximum Gasteiger partial charge on any atom is 0.319 e. The summed E-state index contributed by atoms with van der Waals surface area (Å²) < 4.78 is 5.24. The number of anilines is 1. The van der Waals surface area contributed by atoms with Gasteiger partial charge in [0, 0.05) is 11.7 Å². The molecular weight excluding hydrogens is 248 g/mol. The van der Waals surface area contributed by atoms with E-state index < -0.39 is 0 Å². The Balaban J connectivity index is 2.49. The second-order valence-corrected chi connectivity index (χ2v) is 4.16. The number of amides is 2. The summed E-state index contributed by atoms with van der Waals surface area (Å²) in [5.74, 6) is 0.542. The number of hydrogen-bond acceptors (Lipinski definition) is 4. The molecule has 0 atom stereocenters. The lowest BCUT2D eigenvalue weighted by Gasteiger charge is -2.10. The van der Waals surface area contributed by atoms with Gasteiger partial charge in [0.2, 0.25) is 0 Å². The van der Waals surface area contributed by atoms with Gasteiger partial charge in [-0.3, -0.25) is 0 Å². The second-order valence-electron chi connectivity index (χ2n) is 4.16. The Labute approximate surface area is 111 Å². The van der Waals surface area contributed by atoms with Crippen molar-refractivity contribution in [1.29, 1.82) is 0 Å². The van der Waals surface area contributed by atoms with E-state index in [1.807, 2.05) is 13.8 Å². The van der Waals surface area contributed by atoms with Crippen LogP contribution in [0.5, 0.6) is 5.75 Å². The van der Waals surface area contributed by atoms with Gasteiger partial charge in [-0.25, -0.2) is 4.79 Å². The molecule has 0 fully saturated rings. The lowest BCUT2D eigenvalue weighted by molar-refractivity contribution is 0.250. The molecular formula is C12H18N4O3. The third kappa shape index (κ3) is 5.62. The molecule has 0 spiro atoms. The lowest BCUT2D eigenvalue weighted by atomic mass is 10.3. The highest BCUT2D eigenvalue weighted by molar-refractivity contribution is 5.89. The van der Waals surface area contributed by atoms with Crippen LogP contribution in [0.15, 0.2) is 29.4 Å². The van der Waals surface area contributed by atoms with E-state index >= 15 is 0 Å². The number of benzene rings is 1. The molecule has 7 nitrogen and oxygen atoms in total. The zero-order valence-corrected chi connectivity index (χ0v) is 10.9. The number of amidine groups is 1. The fourth-order valence-electron chi connectivity index (χ4n) is 1.25. The van der Waals surface area contributed by atoms with Gasteiger partial charge in [0.15, 0.2) is 5.84 Å². The molecule has 0 aliphatic rings. The summed E-state index contributed by atoms with van der Waals surface area (Å²) in [4.78, 5) is 11.4. The van der Waals surface area contributed by atoms with Crippen LogP contribution in [0.4, 0.5) is 10.5 Å². The molecule has 1 aromatic rings. The Morgan fingerprint density at radius 3 is 2.58 bits per heavy atom. The van der Waals surface area contributed by atoms with E-state index in [-0.39, 0.29) is 24.5 Å². The van der Waals surface area contributed by atoms with Crippen LogP contribution in [-0.4, -0.2) is 29.7 Å². The van der Waals surface area contributed by atoms with Gasteiger partial charge in [0.25, 0.3) is 0 Å². The fourth-order valence-corrected chi connectivity index (χ4v) is 1.25. The first kappa shape index (κ1) is 14.6. The summed E-state index contributed by atoms with van der Waals surface area (Å²) in [7, 11) is 0. The summed E-state index contributed by atoms with van der Waals surface area (Å²) in [6, 6.07) is 6.55. The van der Waals surface area contributed by atoms with Gasteiger partial charge < -0.3 is 26.3 Å². The molecule has 7 heteroatoms. The van der Waals surface area contributed by atoms with E-state index in [1.54, 1.807) is 24.3 Å².